The molecule has 2 saturated heterocycles. The van der Waals surface area contributed by atoms with Gasteiger partial charge >= 0.3 is 7.82 Å². The van der Waals surface area contributed by atoms with E-state index in [4.69, 9.17) is 22.9 Å². The van der Waals surface area contributed by atoms with Crippen molar-refractivity contribution in [2.75, 3.05) is 13.7 Å². The zero-order chi connectivity index (χ0) is 19.2. The first-order valence-electron chi connectivity index (χ1n) is 8.51. The van der Waals surface area contributed by atoms with Crippen LogP contribution >= 0.6 is 50.2 Å². The number of hydrogen-bond donors (Lipinski definition) is 2. The monoisotopic (exact) mass is 626 g/mol. The van der Waals surface area contributed by atoms with Crippen LogP contribution in [0.2, 0.25) is 0 Å². The van der Waals surface area contributed by atoms with Crippen molar-refractivity contribution in [2.24, 2.45) is 15.2 Å². The average molecular weight is 626 g/mol. The molecule has 0 amide bonds. The largest absolute Gasteiger partial charge is 0.472 e. The molecular weight excluding hydrogens is 605 g/mol. The van der Waals surface area contributed by atoms with Crippen molar-refractivity contribution in [2.45, 2.75) is 54.0 Å². The first kappa shape index (κ1) is 20.6. The summed E-state index contributed by atoms with van der Waals surface area (Å²) in [5.41, 5.74) is 6.98. The molecule has 27 heavy (non-hydrogen) atoms. The van der Waals surface area contributed by atoms with E-state index < -0.39 is 68.0 Å². The molecule has 0 spiro atoms. The zero-order valence-corrected chi connectivity index (χ0v) is 20.0. The lowest BCUT2D eigenvalue weighted by atomic mass is 9.95. The van der Waals surface area contributed by atoms with Gasteiger partial charge in [-0.05, 0) is 19.3 Å². The lowest BCUT2D eigenvalue weighted by molar-refractivity contribution is -0.144. The normalized spacial score (nSPS) is 40.5. The number of nitrogens with zero attached hydrogens (tertiary/aromatic N) is 3. The van der Waals surface area contributed by atoms with E-state index in [0.717, 1.165) is 31.3 Å². The highest BCUT2D eigenvalue weighted by atomic mass is 127. The third kappa shape index (κ3) is 3.76. The van der Waals surface area contributed by atoms with E-state index in [1.807, 2.05) is 6.92 Å². The van der Waals surface area contributed by atoms with Crippen molar-refractivity contribution in [3.63, 3.8) is 0 Å². The number of ether oxygens (including phenoxy) is 2. The van der Waals surface area contributed by atoms with Crippen LogP contribution in [0.1, 0.15) is 26.2 Å². The standard InChI is InChI=1S/C14H21I2N4O6P/c1-3-14-6-24-11(12(14)26-27(21,22)23-2)10(25-14)7-4-5-8-9(19-15-7)13(17)20-16-18-8/h7,10-12H,3-6H2,1-2H3,(H,21,22)(H2,17,18,20). The molecule has 0 radical (unpaired) electrons. The fraction of sp³-hybridized carbons (Fsp3) is 0.786. The van der Waals surface area contributed by atoms with Crippen molar-refractivity contribution >= 4 is 56.0 Å². The smallest absolute Gasteiger partial charge is 0.381 e. The van der Waals surface area contributed by atoms with Gasteiger partial charge in [0.15, 0.2) is 5.84 Å². The van der Waals surface area contributed by atoms with Crippen molar-refractivity contribution in [3.05, 3.63) is 11.4 Å². The number of phosphoric ester groups is 1. The second kappa shape index (κ2) is 7.85. The molecule has 4 rings (SSSR count). The molecule has 4 aliphatic heterocycles. The fourth-order valence-electron chi connectivity index (χ4n) is 3.66. The number of alkyl halides is 1. The third-order valence-corrected chi connectivity index (χ3v) is 10.5. The molecule has 0 aromatic heterocycles. The van der Waals surface area contributed by atoms with Crippen LogP contribution < -0.4 is 5.73 Å². The molecule has 13 heteroatoms. The zero-order valence-electron chi connectivity index (χ0n) is 14.7. The summed E-state index contributed by atoms with van der Waals surface area (Å²) in [4.78, 5) is 9.81. The topological polar surface area (TPSA) is 137 Å². The maximum Gasteiger partial charge on any atom is 0.472 e. The molecule has 0 saturated carbocycles. The van der Waals surface area contributed by atoms with Crippen LogP contribution in [0.25, 0.3) is 0 Å². The van der Waals surface area contributed by atoms with Crippen LogP contribution in [0.5, 0.6) is 0 Å². The minimum Gasteiger partial charge on any atom is -0.381 e. The summed E-state index contributed by atoms with van der Waals surface area (Å²) < 4.78 is 48.2. The first-order chi connectivity index (χ1) is 12.9. The molecule has 4 heterocycles. The number of nitrogens with two attached hydrogens (primary N) is 1. The molecule has 4 aliphatic rings. The van der Waals surface area contributed by atoms with Gasteiger partial charge in [-0.15, -0.1) is 0 Å². The van der Waals surface area contributed by atoms with E-state index in [9.17, 15) is 9.46 Å². The fourth-order valence-corrected chi connectivity index (χ4v) is 8.27. The number of halogens is 2. The highest BCUT2D eigenvalue weighted by Crippen LogP contribution is 2.54. The molecule has 3 N–H and O–H groups in total. The molecule has 6 unspecified atom stereocenters. The van der Waals surface area contributed by atoms with Gasteiger partial charge in [0.05, 0.1) is 16.2 Å². The molecule has 0 aromatic rings. The Morgan fingerprint density at radius 3 is 3.00 bits per heavy atom. The van der Waals surface area contributed by atoms with Crippen molar-refractivity contribution < 1.29 is 28.0 Å². The van der Waals surface area contributed by atoms with Crippen LogP contribution in [-0.2, 0) is 23.1 Å². The molecule has 152 valence electrons. The first-order valence-corrected chi connectivity index (χ1v) is 14.1. The highest BCUT2D eigenvalue weighted by Gasteiger charge is 2.64. The van der Waals surface area contributed by atoms with E-state index in [0.29, 0.717) is 18.9 Å². The van der Waals surface area contributed by atoms with Gasteiger partial charge in [-0.25, -0.2) is 10.9 Å². The quantitative estimate of drug-likeness (QED) is 0.272. The predicted molar refractivity (Wildman–Crippen MR) is 114 cm³/mol. The van der Waals surface area contributed by atoms with E-state index in [-0.39, 0.29) is 10.0 Å². The lowest BCUT2D eigenvalue weighted by Gasteiger charge is -2.32. The predicted octanol–water partition coefficient (Wildman–Crippen LogP) is 3.03. The van der Waals surface area contributed by atoms with Crippen molar-refractivity contribution in [1.82, 2.24) is 0 Å². The summed E-state index contributed by atoms with van der Waals surface area (Å²) in [6.45, 7) is 2.31. The summed E-state index contributed by atoms with van der Waals surface area (Å²) in [6.07, 6.45) is 0.990. The van der Waals surface area contributed by atoms with Gasteiger partial charge in [0.25, 0.3) is 0 Å². The molecule has 2 fully saturated rings. The summed E-state index contributed by atoms with van der Waals surface area (Å²) in [7, 11) is -2.99. The molecule has 2 bridgehead atoms. The van der Waals surface area contributed by atoms with Crippen LogP contribution in [0, 0.1) is 0 Å². The van der Waals surface area contributed by atoms with E-state index in [2.05, 4.69) is 10.9 Å². The third-order valence-electron chi connectivity index (χ3n) is 5.16. The second-order valence-corrected chi connectivity index (χ2v) is 12.2. The Hall–Kier alpha value is 0.300. The Balaban J connectivity index is 1.56. The Morgan fingerprint density at radius 2 is 2.26 bits per heavy atom. The second-order valence-electron chi connectivity index (χ2n) is 6.62. The van der Waals surface area contributed by atoms with Crippen LogP contribution in [0.3, 0.4) is 0 Å². The molecule has 6 atom stereocenters. The Morgan fingerprint density at radius 1 is 1.44 bits per heavy atom. The number of rotatable bonds is 5. The molecule has 0 aromatic carbocycles. The number of phosphoric acid groups is 1. The van der Waals surface area contributed by atoms with E-state index >= 15 is 0 Å². The molecular formula is C14H21I2N4O6P. The maximum atomic E-state index is 12.0. The molecule has 10 nitrogen and oxygen atoms in total. The van der Waals surface area contributed by atoms with Crippen molar-refractivity contribution in [1.29, 1.82) is 0 Å². The number of amidine groups is 1. The van der Waals surface area contributed by atoms with Gasteiger partial charge < -0.3 is 20.1 Å². The van der Waals surface area contributed by atoms with Crippen LogP contribution in [-0.4, -0.2) is 52.3 Å². The summed E-state index contributed by atoms with van der Waals surface area (Å²) in [6, 6.07) is 0. The Labute approximate surface area is 177 Å². The van der Waals surface area contributed by atoms with Gasteiger partial charge in [-0.1, -0.05) is 6.92 Å². The van der Waals surface area contributed by atoms with Crippen molar-refractivity contribution in [3.8, 4) is 0 Å². The molecule has 0 aliphatic carbocycles. The number of allylic oxidation sites excluding steroid dienone is 1. The summed E-state index contributed by atoms with van der Waals surface area (Å²) in [5.74, 6) is 0.505. The Kier molecular flexibility index (Phi) is 5.98. The maximum absolute atomic E-state index is 12.0. The highest BCUT2D eigenvalue weighted by molar-refractivity contribution is 14.2. The SMILES string of the molecule is CCC12COC(C(C3CCC4=C(N=I3)C(N)=NI=N4)O1)C2OP(=O)(O)OC. The van der Waals surface area contributed by atoms with Gasteiger partial charge in [-0.2, -0.15) is 3.21 Å². The number of hydrogen-bond acceptors (Lipinski definition) is 9. The van der Waals surface area contributed by atoms with Gasteiger partial charge in [0, 0.05) is 28.1 Å². The minimum atomic E-state index is -4.14. The summed E-state index contributed by atoms with van der Waals surface area (Å²) >= 11 is -1.25. The van der Waals surface area contributed by atoms with Gasteiger partial charge in [-0.3, -0.25) is 9.05 Å². The van der Waals surface area contributed by atoms with E-state index in [1.165, 1.54) is 0 Å². The summed E-state index contributed by atoms with van der Waals surface area (Å²) in [5, 5.41) is 0. The lowest BCUT2D eigenvalue weighted by Crippen LogP contribution is -2.42. The van der Waals surface area contributed by atoms with Gasteiger partial charge in [0.1, 0.15) is 50.9 Å². The van der Waals surface area contributed by atoms with Gasteiger partial charge in [0.2, 0.25) is 0 Å². The van der Waals surface area contributed by atoms with Crippen LogP contribution in [0.15, 0.2) is 20.9 Å². The van der Waals surface area contributed by atoms with E-state index in [1.54, 1.807) is 0 Å². The average Bonchev–Trinajstić information content (AvgIpc) is 3.03. The Bertz CT molecular complexity index is 804. The number of fused-ring (bicyclic) bond motifs is 2. The minimum absolute atomic E-state index is 0.182. The van der Waals surface area contributed by atoms with Crippen LogP contribution in [0.4, 0.5) is 0 Å².